The third-order valence-corrected chi connectivity index (χ3v) is 5.92. The van der Waals surface area contributed by atoms with Gasteiger partial charge in [0, 0.05) is 0 Å². The van der Waals surface area contributed by atoms with E-state index in [4.69, 9.17) is 0 Å². The van der Waals surface area contributed by atoms with Crippen LogP contribution in [0.4, 0.5) is 0 Å². The van der Waals surface area contributed by atoms with E-state index in [1.165, 1.54) is 71.2 Å². The maximum atomic E-state index is 2.34. The van der Waals surface area contributed by atoms with Crippen LogP contribution in [0.1, 0.15) is 50.7 Å². The summed E-state index contributed by atoms with van der Waals surface area (Å²) in [4.78, 5) is 0. The lowest BCUT2D eigenvalue weighted by atomic mass is 9.84. The van der Waals surface area contributed by atoms with Gasteiger partial charge >= 0.3 is 0 Å². The van der Waals surface area contributed by atoms with Crippen LogP contribution in [0, 0.1) is 0 Å². The SMILES string of the molecule is CCCCc1c(CCCC)c2c(-c3ccccc3)cccc2c2ccccc12. The Hall–Kier alpha value is -2.60. The molecule has 0 N–H and O–H groups in total. The van der Waals surface area contributed by atoms with Crippen LogP contribution >= 0.6 is 0 Å². The van der Waals surface area contributed by atoms with E-state index in [2.05, 4.69) is 86.6 Å². The lowest BCUT2D eigenvalue weighted by Crippen LogP contribution is -2.00. The second kappa shape index (κ2) is 8.61. The molecule has 0 aliphatic carbocycles. The van der Waals surface area contributed by atoms with Gasteiger partial charge in [-0.05, 0) is 69.5 Å². The third kappa shape index (κ3) is 3.44. The van der Waals surface area contributed by atoms with Crippen LogP contribution < -0.4 is 0 Å². The number of hydrogen-bond acceptors (Lipinski definition) is 0. The number of unbranched alkanes of at least 4 members (excludes halogenated alkanes) is 2. The number of hydrogen-bond donors (Lipinski definition) is 0. The Balaban J connectivity index is 2.12. The van der Waals surface area contributed by atoms with Gasteiger partial charge in [0.15, 0.2) is 0 Å². The van der Waals surface area contributed by atoms with E-state index < -0.39 is 0 Å². The molecule has 0 heteroatoms. The van der Waals surface area contributed by atoms with Crippen molar-refractivity contribution in [3.63, 3.8) is 0 Å². The molecule has 0 nitrogen and oxygen atoms in total. The van der Waals surface area contributed by atoms with Crippen molar-refractivity contribution in [1.82, 2.24) is 0 Å². The highest BCUT2D eigenvalue weighted by Crippen LogP contribution is 2.39. The number of fused-ring (bicyclic) bond motifs is 3. The van der Waals surface area contributed by atoms with Gasteiger partial charge in [-0.2, -0.15) is 0 Å². The minimum atomic E-state index is 1.17. The van der Waals surface area contributed by atoms with E-state index in [9.17, 15) is 0 Å². The van der Waals surface area contributed by atoms with Crippen molar-refractivity contribution in [2.75, 3.05) is 0 Å². The van der Waals surface area contributed by atoms with Crippen LogP contribution in [-0.4, -0.2) is 0 Å². The Morgan fingerprint density at radius 3 is 1.86 bits per heavy atom. The molecule has 0 saturated heterocycles. The lowest BCUT2D eigenvalue weighted by Gasteiger charge is -2.20. The van der Waals surface area contributed by atoms with Gasteiger partial charge in [-0.1, -0.05) is 99.5 Å². The molecular formula is C28H30. The Kier molecular flexibility index (Phi) is 5.76. The second-order valence-electron chi connectivity index (χ2n) is 7.80. The first-order valence-electron chi connectivity index (χ1n) is 10.9. The molecule has 4 aromatic rings. The summed E-state index contributed by atoms with van der Waals surface area (Å²) < 4.78 is 0. The molecule has 4 rings (SSSR count). The fourth-order valence-corrected chi connectivity index (χ4v) is 4.52. The van der Waals surface area contributed by atoms with Gasteiger partial charge in [0.2, 0.25) is 0 Å². The molecule has 0 saturated carbocycles. The van der Waals surface area contributed by atoms with Crippen molar-refractivity contribution in [2.45, 2.75) is 52.4 Å². The minimum Gasteiger partial charge on any atom is -0.0654 e. The molecule has 0 spiro atoms. The lowest BCUT2D eigenvalue weighted by molar-refractivity contribution is 0.765. The number of benzene rings is 4. The summed E-state index contributed by atoms with van der Waals surface area (Å²) in [5.74, 6) is 0. The molecule has 4 aromatic carbocycles. The maximum Gasteiger partial charge on any atom is -0.00641 e. The summed E-state index contributed by atoms with van der Waals surface area (Å²) in [6, 6.07) is 26.8. The highest BCUT2D eigenvalue weighted by atomic mass is 14.2. The highest BCUT2D eigenvalue weighted by molar-refractivity contribution is 6.15. The summed E-state index contributed by atoms with van der Waals surface area (Å²) in [5.41, 5.74) is 5.88. The van der Waals surface area contributed by atoms with Gasteiger partial charge in [0.25, 0.3) is 0 Å². The minimum absolute atomic E-state index is 1.17. The smallest absolute Gasteiger partial charge is 0.00641 e. The van der Waals surface area contributed by atoms with Crippen LogP contribution in [-0.2, 0) is 12.8 Å². The van der Waals surface area contributed by atoms with Crippen LogP contribution in [0.3, 0.4) is 0 Å². The van der Waals surface area contributed by atoms with Gasteiger partial charge < -0.3 is 0 Å². The van der Waals surface area contributed by atoms with E-state index in [1.807, 2.05) is 0 Å². The molecule has 0 bridgehead atoms. The van der Waals surface area contributed by atoms with E-state index in [1.54, 1.807) is 11.1 Å². The fraction of sp³-hybridized carbons (Fsp3) is 0.286. The van der Waals surface area contributed by atoms with E-state index >= 15 is 0 Å². The predicted octanol–water partition coefficient (Wildman–Crippen LogP) is 8.35. The van der Waals surface area contributed by atoms with Gasteiger partial charge in [-0.15, -0.1) is 0 Å². The Labute approximate surface area is 169 Å². The van der Waals surface area contributed by atoms with E-state index in [-0.39, 0.29) is 0 Å². The second-order valence-corrected chi connectivity index (χ2v) is 7.80. The molecule has 0 heterocycles. The van der Waals surface area contributed by atoms with Crippen molar-refractivity contribution in [3.05, 3.63) is 83.9 Å². The fourth-order valence-electron chi connectivity index (χ4n) is 4.52. The van der Waals surface area contributed by atoms with Gasteiger partial charge in [-0.3, -0.25) is 0 Å². The average Bonchev–Trinajstić information content (AvgIpc) is 2.76. The molecular weight excluding hydrogens is 336 g/mol. The largest absolute Gasteiger partial charge is 0.0654 e. The first-order valence-corrected chi connectivity index (χ1v) is 10.9. The zero-order valence-electron chi connectivity index (χ0n) is 17.2. The molecule has 0 radical (unpaired) electrons. The summed E-state index contributed by atoms with van der Waals surface area (Å²) in [7, 11) is 0. The van der Waals surface area contributed by atoms with Crippen molar-refractivity contribution < 1.29 is 0 Å². The predicted molar refractivity (Wildman–Crippen MR) is 124 cm³/mol. The average molecular weight is 367 g/mol. The van der Waals surface area contributed by atoms with Gasteiger partial charge in [0.05, 0.1) is 0 Å². The molecule has 0 unspecified atom stereocenters. The Morgan fingerprint density at radius 2 is 1.14 bits per heavy atom. The zero-order valence-corrected chi connectivity index (χ0v) is 17.2. The molecule has 0 fully saturated rings. The van der Waals surface area contributed by atoms with E-state index in [0.29, 0.717) is 0 Å². The molecule has 0 aliphatic heterocycles. The van der Waals surface area contributed by atoms with Crippen LogP contribution in [0.5, 0.6) is 0 Å². The highest BCUT2D eigenvalue weighted by Gasteiger charge is 2.16. The molecule has 0 atom stereocenters. The normalized spacial score (nSPS) is 11.4. The molecule has 28 heavy (non-hydrogen) atoms. The quantitative estimate of drug-likeness (QED) is 0.288. The molecule has 142 valence electrons. The summed E-state index contributed by atoms with van der Waals surface area (Å²) in [5, 5.41) is 5.75. The first kappa shape index (κ1) is 18.7. The maximum absolute atomic E-state index is 2.34. The molecule has 0 aliphatic rings. The summed E-state index contributed by atoms with van der Waals surface area (Å²) >= 11 is 0. The topological polar surface area (TPSA) is 0 Å². The molecule has 0 amide bonds. The zero-order chi connectivity index (χ0) is 19.3. The van der Waals surface area contributed by atoms with Crippen LogP contribution in [0.15, 0.2) is 72.8 Å². The summed E-state index contributed by atoms with van der Waals surface area (Å²) in [6.45, 7) is 4.59. The van der Waals surface area contributed by atoms with Gasteiger partial charge in [-0.25, -0.2) is 0 Å². The Morgan fingerprint density at radius 1 is 0.536 bits per heavy atom. The van der Waals surface area contributed by atoms with Crippen molar-refractivity contribution in [2.24, 2.45) is 0 Å². The third-order valence-electron chi connectivity index (χ3n) is 5.92. The van der Waals surface area contributed by atoms with Crippen molar-refractivity contribution in [3.8, 4) is 11.1 Å². The number of aryl methyl sites for hydroxylation is 2. The van der Waals surface area contributed by atoms with E-state index in [0.717, 1.165) is 0 Å². The number of rotatable bonds is 7. The molecule has 0 aromatic heterocycles. The van der Waals surface area contributed by atoms with Gasteiger partial charge in [0.1, 0.15) is 0 Å². The standard InChI is InChI=1S/C28H30/c1-3-5-15-24-23-17-10-11-18-25(23)27-20-12-19-22(21-13-8-7-9-14-21)28(27)26(24)16-6-4-2/h7-14,17-20H,3-6,15-16H2,1-2H3. The Bertz CT molecular complexity index is 1070. The monoisotopic (exact) mass is 366 g/mol. The van der Waals surface area contributed by atoms with Crippen molar-refractivity contribution in [1.29, 1.82) is 0 Å². The summed E-state index contributed by atoms with van der Waals surface area (Å²) in [6.07, 6.45) is 7.31. The van der Waals surface area contributed by atoms with Crippen LogP contribution in [0.2, 0.25) is 0 Å². The van der Waals surface area contributed by atoms with Crippen LogP contribution in [0.25, 0.3) is 32.7 Å². The van der Waals surface area contributed by atoms with Crippen molar-refractivity contribution >= 4 is 21.5 Å². The first-order chi connectivity index (χ1) is 13.8.